The van der Waals surface area contributed by atoms with Gasteiger partial charge in [-0.3, -0.25) is 4.57 Å². The summed E-state index contributed by atoms with van der Waals surface area (Å²) in [5.41, 5.74) is 19.8. The van der Waals surface area contributed by atoms with Gasteiger partial charge in [-0.2, -0.15) is 0 Å². The average molecular weight is 752 g/mol. The van der Waals surface area contributed by atoms with Crippen molar-refractivity contribution in [2.75, 3.05) is 4.90 Å². The number of hydrogen-bond donors (Lipinski definition) is 0. The number of imidazole rings is 1. The lowest BCUT2D eigenvalue weighted by Gasteiger charge is -2.45. The van der Waals surface area contributed by atoms with E-state index in [0.29, 0.717) is 0 Å². The molecular weight excluding hydrogens is 715 g/mol. The van der Waals surface area contributed by atoms with Crippen LogP contribution in [0.2, 0.25) is 0 Å². The van der Waals surface area contributed by atoms with Gasteiger partial charge in [0.25, 0.3) is 0 Å². The molecule has 0 saturated carbocycles. The van der Waals surface area contributed by atoms with Crippen LogP contribution in [0.15, 0.2) is 224 Å². The number of anilines is 3. The molecule has 1 aromatic heterocycles. The highest BCUT2D eigenvalue weighted by Crippen LogP contribution is 2.64. The summed E-state index contributed by atoms with van der Waals surface area (Å²) in [5.74, 6) is 0.920. The van der Waals surface area contributed by atoms with Gasteiger partial charge in [0.2, 0.25) is 0 Å². The molecule has 1 spiro atoms. The molecular formula is C56H37N3. The maximum absolute atomic E-state index is 5.24. The third-order valence-electron chi connectivity index (χ3n) is 12.4. The van der Waals surface area contributed by atoms with Crippen molar-refractivity contribution >= 4 is 28.1 Å². The topological polar surface area (TPSA) is 21.1 Å². The highest BCUT2D eigenvalue weighted by Gasteiger charge is 2.52. The molecule has 0 radical (unpaired) electrons. The molecule has 0 amide bonds. The zero-order chi connectivity index (χ0) is 38.9. The number of fused-ring (bicyclic) bond motifs is 10. The predicted octanol–water partition coefficient (Wildman–Crippen LogP) is 14.2. The molecule has 0 N–H and O–H groups in total. The number of nitrogens with zero attached hydrogens (tertiary/aromatic N) is 3. The van der Waals surface area contributed by atoms with Gasteiger partial charge in [0.1, 0.15) is 5.82 Å². The van der Waals surface area contributed by atoms with Crippen molar-refractivity contribution < 1.29 is 0 Å². The van der Waals surface area contributed by atoms with Crippen LogP contribution >= 0.6 is 0 Å². The van der Waals surface area contributed by atoms with E-state index in [1.807, 2.05) is 0 Å². The van der Waals surface area contributed by atoms with E-state index in [9.17, 15) is 0 Å². The first kappa shape index (κ1) is 33.4. The quantitative estimate of drug-likeness (QED) is 0.175. The fourth-order valence-electron chi connectivity index (χ4n) is 9.98. The maximum Gasteiger partial charge on any atom is 0.145 e. The molecule has 0 unspecified atom stereocenters. The van der Waals surface area contributed by atoms with Gasteiger partial charge in [0.15, 0.2) is 0 Å². The van der Waals surface area contributed by atoms with Crippen LogP contribution < -0.4 is 4.90 Å². The Labute approximate surface area is 343 Å². The molecule has 12 rings (SSSR count). The summed E-state index contributed by atoms with van der Waals surface area (Å²) in [6.07, 6.45) is 0. The molecule has 3 heteroatoms. The van der Waals surface area contributed by atoms with Gasteiger partial charge in [0.05, 0.1) is 27.8 Å². The summed E-state index contributed by atoms with van der Waals surface area (Å²) < 4.78 is 2.29. The molecule has 0 saturated heterocycles. The zero-order valence-electron chi connectivity index (χ0n) is 32.2. The second-order valence-corrected chi connectivity index (χ2v) is 15.5. The lowest BCUT2D eigenvalue weighted by Crippen LogP contribution is -2.36. The van der Waals surface area contributed by atoms with Crippen LogP contribution in [0.25, 0.3) is 61.5 Å². The molecule has 1 aliphatic heterocycles. The highest BCUT2D eigenvalue weighted by molar-refractivity contribution is 5.99. The van der Waals surface area contributed by atoms with E-state index in [-0.39, 0.29) is 0 Å². The summed E-state index contributed by atoms with van der Waals surface area (Å²) >= 11 is 0. The van der Waals surface area contributed by atoms with E-state index in [1.54, 1.807) is 0 Å². The van der Waals surface area contributed by atoms with Crippen LogP contribution in [0.3, 0.4) is 0 Å². The SMILES string of the molecule is c1ccc(-c2ccc(-n3c(-c4ccc(-c5cccc6c5C5(c7ccccc7-6)c6ccccc6N(c6ccccc6)c6ccccc65)cc4)nc4ccccc43)cc2)cc1. The van der Waals surface area contributed by atoms with Gasteiger partial charge in [-0.1, -0.05) is 176 Å². The Bertz CT molecular complexity index is 3150. The normalized spacial score (nSPS) is 13.2. The van der Waals surface area contributed by atoms with E-state index in [4.69, 9.17) is 4.98 Å². The molecule has 0 bridgehead atoms. The fraction of sp³-hybridized carbons (Fsp3) is 0.0179. The smallest absolute Gasteiger partial charge is 0.145 e. The van der Waals surface area contributed by atoms with Crippen LogP contribution in [-0.2, 0) is 5.41 Å². The Morgan fingerprint density at radius 1 is 0.339 bits per heavy atom. The first-order valence-electron chi connectivity index (χ1n) is 20.3. The van der Waals surface area contributed by atoms with E-state index in [0.717, 1.165) is 33.8 Å². The molecule has 9 aromatic carbocycles. The van der Waals surface area contributed by atoms with E-state index >= 15 is 0 Å². The van der Waals surface area contributed by atoms with Gasteiger partial charge in [-0.15, -0.1) is 0 Å². The Balaban J connectivity index is 1.04. The minimum absolute atomic E-state index is 0.542. The monoisotopic (exact) mass is 751 g/mol. The number of rotatable bonds is 5. The summed E-state index contributed by atoms with van der Waals surface area (Å²) in [7, 11) is 0. The van der Waals surface area contributed by atoms with Crippen LogP contribution in [0.4, 0.5) is 17.1 Å². The second-order valence-electron chi connectivity index (χ2n) is 15.5. The third-order valence-corrected chi connectivity index (χ3v) is 12.4. The van der Waals surface area contributed by atoms with Crippen molar-refractivity contribution in [3.63, 3.8) is 0 Å². The molecule has 3 nitrogen and oxygen atoms in total. The van der Waals surface area contributed by atoms with Gasteiger partial charge >= 0.3 is 0 Å². The van der Waals surface area contributed by atoms with Crippen molar-refractivity contribution in [2.45, 2.75) is 5.41 Å². The van der Waals surface area contributed by atoms with Crippen molar-refractivity contribution in [1.82, 2.24) is 9.55 Å². The summed E-state index contributed by atoms with van der Waals surface area (Å²) in [5, 5.41) is 0. The maximum atomic E-state index is 5.24. The number of benzene rings is 9. The van der Waals surface area contributed by atoms with Crippen molar-refractivity contribution in [3.8, 4) is 50.5 Å². The van der Waals surface area contributed by atoms with Crippen LogP contribution in [-0.4, -0.2) is 9.55 Å². The minimum Gasteiger partial charge on any atom is -0.310 e. The lowest BCUT2D eigenvalue weighted by atomic mass is 9.63. The molecule has 0 atom stereocenters. The van der Waals surface area contributed by atoms with Crippen LogP contribution in [0.1, 0.15) is 22.3 Å². The van der Waals surface area contributed by atoms with E-state index < -0.39 is 5.41 Å². The van der Waals surface area contributed by atoms with Gasteiger partial charge in [-0.25, -0.2) is 4.98 Å². The minimum atomic E-state index is -0.542. The molecule has 1 aliphatic carbocycles. The van der Waals surface area contributed by atoms with Crippen molar-refractivity contribution in [3.05, 3.63) is 247 Å². The summed E-state index contributed by atoms with van der Waals surface area (Å²) in [4.78, 5) is 7.68. The molecule has 276 valence electrons. The van der Waals surface area contributed by atoms with E-state index in [1.165, 1.54) is 67.0 Å². The molecule has 0 fully saturated rings. The largest absolute Gasteiger partial charge is 0.310 e. The van der Waals surface area contributed by atoms with Gasteiger partial charge in [-0.05, 0) is 104 Å². The van der Waals surface area contributed by atoms with Crippen LogP contribution in [0, 0.1) is 0 Å². The van der Waals surface area contributed by atoms with Crippen LogP contribution in [0.5, 0.6) is 0 Å². The molecule has 2 heterocycles. The summed E-state index contributed by atoms with van der Waals surface area (Å²) in [6, 6.07) is 81.6. The Kier molecular flexibility index (Phi) is 7.45. The third kappa shape index (κ3) is 4.92. The van der Waals surface area contributed by atoms with Crippen molar-refractivity contribution in [1.29, 1.82) is 0 Å². The van der Waals surface area contributed by atoms with Gasteiger partial charge in [0, 0.05) is 16.9 Å². The zero-order valence-corrected chi connectivity index (χ0v) is 32.2. The number of hydrogen-bond acceptors (Lipinski definition) is 2. The Morgan fingerprint density at radius 3 is 1.59 bits per heavy atom. The molecule has 10 aromatic rings. The Morgan fingerprint density at radius 2 is 0.864 bits per heavy atom. The Hall–Kier alpha value is -7.75. The standard InChI is InChI=1S/C56H37N3/c1-3-16-38(17-4-1)39-34-36-43(37-35-39)59-53-29-14-11-26-50(53)57-55(59)41-32-30-40(31-33-41)44-21-15-22-46-45-20-7-8-23-47(45)56(54(44)46)48-24-9-12-27-51(48)58(42-18-5-2-6-19-42)52-28-13-10-25-49(52)56/h1-37H. The molecule has 2 aliphatic rings. The first-order valence-corrected chi connectivity index (χ1v) is 20.3. The summed E-state index contributed by atoms with van der Waals surface area (Å²) in [6.45, 7) is 0. The number of aromatic nitrogens is 2. The first-order chi connectivity index (χ1) is 29.3. The van der Waals surface area contributed by atoms with Crippen molar-refractivity contribution in [2.24, 2.45) is 0 Å². The molecule has 59 heavy (non-hydrogen) atoms. The highest BCUT2D eigenvalue weighted by atomic mass is 15.2. The van der Waals surface area contributed by atoms with Gasteiger partial charge < -0.3 is 4.90 Å². The average Bonchev–Trinajstić information content (AvgIpc) is 3.85. The van der Waals surface area contributed by atoms with E-state index in [2.05, 4.69) is 234 Å². The number of para-hydroxylation sites is 5. The lowest BCUT2D eigenvalue weighted by molar-refractivity contribution is 0.754. The predicted molar refractivity (Wildman–Crippen MR) is 243 cm³/mol. The fourth-order valence-corrected chi connectivity index (χ4v) is 9.98. The second kappa shape index (κ2) is 13.2.